The van der Waals surface area contributed by atoms with Crippen LogP contribution < -0.4 is 11.1 Å². The Labute approximate surface area is 102 Å². The fourth-order valence-corrected chi connectivity index (χ4v) is 2.55. The van der Waals surface area contributed by atoms with Crippen LogP contribution in [-0.2, 0) is 0 Å². The number of nitrogens with two attached hydrogens (primary N) is 1. The molecule has 0 heterocycles. The highest BCUT2D eigenvalue weighted by Crippen LogP contribution is 2.44. The number of rotatable bonds is 4. The molecule has 88 valence electrons. The minimum atomic E-state index is 0.505. The Balaban J connectivity index is 1.99. The molecule has 2 rings (SSSR count). The van der Waals surface area contributed by atoms with Gasteiger partial charge in [-0.1, -0.05) is 24.9 Å². The predicted molar refractivity (Wildman–Crippen MR) is 70.9 cm³/mol. The smallest absolute Gasteiger partial charge is 0.0657 e. The second kappa shape index (κ2) is 4.54. The lowest BCUT2D eigenvalue weighted by atomic mass is 9.67. The van der Waals surface area contributed by atoms with E-state index in [2.05, 4.69) is 12.2 Å². The minimum absolute atomic E-state index is 0.505. The third kappa shape index (κ3) is 2.27. The van der Waals surface area contributed by atoms with Crippen LogP contribution in [0.4, 0.5) is 11.4 Å². The van der Waals surface area contributed by atoms with E-state index in [9.17, 15) is 0 Å². The first-order valence-corrected chi connectivity index (χ1v) is 6.32. The van der Waals surface area contributed by atoms with Gasteiger partial charge in [0.2, 0.25) is 0 Å². The van der Waals surface area contributed by atoms with Gasteiger partial charge in [0.1, 0.15) is 0 Å². The maximum Gasteiger partial charge on any atom is 0.0657 e. The molecule has 16 heavy (non-hydrogen) atoms. The molecule has 2 nitrogen and oxygen atoms in total. The van der Waals surface area contributed by atoms with Crippen LogP contribution in [0.1, 0.15) is 32.6 Å². The van der Waals surface area contributed by atoms with E-state index >= 15 is 0 Å². The first-order chi connectivity index (χ1) is 7.65. The van der Waals surface area contributed by atoms with Crippen LogP contribution in [0.25, 0.3) is 0 Å². The van der Waals surface area contributed by atoms with E-state index in [1.54, 1.807) is 6.07 Å². The highest BCUT2D eigenvalue weighted by molar-refractivity contribution is 6.33. The maximum atomic E-state index is 6.12. The summed E-state index contributed by atoms with van der Waals surface area (Å²) in [6, 6.07) is 5.64. The Morgan fingerprint density at radius 3 is 2.69 bits per heavy atom. The second-order valence-corrected chi connectivity index (χ2v) is 5.21. The van der Waals surface area contributed by atoms with Crippen LogP contribution >= 0.6 is 11.6 Å². The fourth-order valence-electron chi connectivity index (χ4n) is 2.29. The number of hydrogen-bond acceptors (Lipinski definition) is 2. The van der Waals surface area contributed by atoms with Gasteiger partial charge in [-0.3, -0.25) is 0 Å². The summed E-state index contributed by atoms with van der Waals surface area (Å²) in [5.74, 6) is 0. The van der Waals surface area contributed by atoms with Crippen molar-refractivity contribution < 1.29 is 0 Å². The van der Waals surface area contributed by atoms with Gasteiger partial charge in [-0.2, -0.15) is 0 Å². The van der Waals surface area contributed by atoms with Gasteiger partial charge in [0, 0.05) is 12.2 Å². The molecule has 1 fully saturated rings. The SMILES string of the molecule is CCC1(CNc2ccc(N)cc2Cl)CCC1. The van der Waals surface area contributed by atoms with E-state index < -0.39 is 0 Å². The lowest BCUT2D eigenvalue weighted by Gasteiger charge is -2.41. The first kappa shape index (κ1) is 11.6. The third-order valence-electron chi connectivity index (χ3n) is 3.81. The summed E-state index contributed by atoms with van der Waals surface area (Å²) >= 11 is 6.12. The fraction of sp³-hybridized carbons (Fsp3) is 0.538. The van der Waals surface area contributed by atoms with Gasteiger partial charge in [-0.25, -0.2) is 0 Å². The molecule has 1 aromatic rings. The second-order valence-electron chi connectivity index (χ2n) is 4.80. The molecule has 0 saturated heterocycles. The highest BCUT2D eigenvalue weighted by atomic mass is 35.5. The normalized spacial score (nSPS) is 17.9. The summed E-state index contributed by atoms with van der Waals surface area (Å²) in [5.41, 5.74) is 7.87. The quantitative estimate of drug-likeness (QED) is 0.781. The van der Waals surface area contributed by atoms with Crippen molar-refractivity contribution in [3.63, 3.8) is 0 Å². The zero-order chi connectivity index (χ0) is 11.6. The summed E-state index contributed by atoms with van der Waals surface area (Å²) in [6.45, 7) is 3.29. The summed E-state index contributed by atoms with van der Waals surface area (Å²) in [7, 11) is 0. The van der Waals surface area contributed by atoms with Gasteiger partial charge < -0.3 is 11.1 Å². The van der Waals surface area contributed by atoms with E-state index in [1.165, 1.54) is 25.7 Å². The Morgan fingerprint density at radius 2 is 2.19 bits per heavy atom. The molecule has 1 aliphatic rings. The molecule has 0 atom stereocenters. The molecule has 3 N–H and O–H groups in total. The average Bonchev–Trinajstić information content (AvgIpc) is 2.19. The monoisotopic (exact) mass is 238 g/mol. The predicted octanol–water partition coefficient (Wildman–Crippen LogP) is 3.91. The molecule has 3 heteroatoms. The zero-order valence-electron chi connectivity index (χ0n) is 9.72. The molecule has 1 aromatic carbocycles. The minimum Gasteiger partial charge on any atom is -0.399 e. The van der Waals surface area contributed by atoms with Crippen molar-refractivity contribution in [2.75, 3.05) is 17.6 Å². The van der Waals surface area contributed by atoms with E-state index in [0.29, 0.717) is 16.1 Å². The van der Waals surface area contributed by atoms with Gasteiger partial charge in [-0.05, 0) is 42.9 Å². The standard InChI is InChI=1S/C13H19ClN2/c1-2-13(6-3-7-13)9-16-12-5-4-10(15)8-11(12)14/h4-5,8,16H,2-3,6-7,9,15H2,1H3. The molecule has 0 unspecified atom stereocenters. The number of halogens is 1. The van der Waals surface area contributed by atoms with Crippen molar-refractivity contribution in [3.05, 3.63) is 23.2 Å². The van der Waals surface area contributed by atoms with E-state index in [4.69, 9.17) is 17.3 Å². The molecular weight excluding hydrogens is 220 g/mol. The van der Waals surface area contributed by atoms with Gasteiger partial charge in [0.25, 0.3) is 0 Å². The van der Waals surface area contributed by atoms with Gasteiger partial charge >= 0.3 is 0 Å². The van der Waals surface area contributed by atoms with Crippen molar-refractivity contribution in [3.8, 4) is 0 Å². The summed E-state index contributed by atoms with van der Waals surface area (Å²) in [5, 5.41) is 4.16. The summed E-state index contributed by atoms with van der Waals surface area (Å²) < 4.78 is 0. The molecule has 0 spiro atoms. The molecular formula is C13H19ClN2. The molecule has 0 bridgehead atoms. The Kier molecular flexibility index (Phi) is 3.29. The summed E-state index contributed by atoms with van der Waals surface area (Å²) in [4.78, 5) is 0. The zero-order valence-corrected chi connectivity index (χ0v) is 10.5. The van der Waals surface area contributed by atoms with Crippen molar-refractivity contribution in [1.82, 2.24) is 0 Å². The van der Waals surface area contributed by atoms with Crippen LogP contribution in [0.2, 0.25) is 5.02 Å². The summed E-state index contributed by atoms with van der Waals surface area (Å²) in [6.07, 6.45) is 5.28. The average molecular weight is 239 g/mol. The van der Waals surface area contributed by atoms with Crippen molar-refractivity contribution >= 4 is 23.0 Å². The Hall–Kier alpha value is -0.890. The first-order valence-electron chi connectivity index (χ1n) is 5.94. The molecule has 0 aromatic heterocycles. The van der Waals surface area contributed by atoms with Gasteiger partial charge in [0.05, 0.1) is 10.7 Å². The van der Waals surface area contributed by atoms with E-state index in [-0.39, 0.29) is 0 Å². The van der Waals surface area contributed by atoms with Crippen molar-refractivity contribution in [1.29, 1.82) is 0 Å². The van der Waals surface area contributed by atoms with Gasteiger partial charge in [0.15, 0.2) is 0 Å². The van der Waals surface area contributed by atoms with Crippen LogP contribution in [0, 0.1) is 5.41 Å². The van der Waals surface area contributed by atoms with Crippen LogP contribution in [0.15, 0.2) is 18.2 Å². The number of nitrogens with one attached hydrogen (secondary N) is 1. The van der Waals surface area contributed by atoms with Gasteiger partial charge in [-0.15, -0.1) is 0 Å². The maximum absolute atomic E-state index is 6.12. The Morgan fingerprint density at radius 1 is 1.44 bits per heavy atom. The van der Waals surface area contributed by atoms with E-state index in [1.807, 2.05) is 12.1 Å². The third-order valence-corrected chi connectivity index (χ3v) is 4.12. The van der Waals surface area contributed by atoms with Crippen LogP contribution in [0.3, 0.4) is 0 Å². The lowest BCUT2D eigenvalue weighted by Crippen LogP contribution is -2.35. The Bertz CT molecular complexity index is 367. The molecule has 0 aliphatic heterocycles. The van der Waals surface area contributed by atoms with Crippen molar-refractivity contribution in [2.45, 2.75) is 32.6 Å². The van der Waals surface area contributed by atoms with E-state index in [0.717, 1.165) is 12.2 Å². The number of nitrogen functional groups attached to an aromatic ring is 1. The van der Waals surface area contributed by atoms with Crippen molar-refractivity contribution in [2.24, 2.45) is 5.41 Å². The van der Waals surface area contributed by atoms with Crippen LogP contribution in [0.5, 0.6) is 0 Å². The van der Waals surface area contributed by atoms with Crippen LogP contribution in [-0.4, -0.2) is 6.54 Å². The number of anilines is 2. The molecule has 0 radical (unpaired) electrons. The number of benzene rings is 1. The molecule has 1 aliphatic carbocycles. The largest absolute Gasteiger partial charge is 0.399 e. The highest BCUT2D eigenvalue weighted by Gasteiger charge is 2.34. The topological polar surface area (TPSA) is 38.0 Å². The molecule has 1 saturated carbocycles. The molecule has 0 amide bonds. The lowest BCUT2D eigenvalue weighted by molar-refractivity contribution is 0.145. The number of hydrogen-bond donors (Lipinski definition) is 2.